The van der Waals surface area contributed by atoms with Gasteiger partial charge in [0.1, 0.15) is 0 Å². The standard InChI is InChI=1S/C21H26ClN3O3/c1-2-28-21(27)25-13-11-24(12-14-25)20(26)15-18(16-23-9-3-4-10-23)17-5-7-19(22)8-6-17/h3-10,18H,2,11-16H2,1H3. The second-order valence-corrected chi connectivity index (χ2v) is 7.34. The number of amides is 2. The highest BCUT2D eigenvalue weighted by atomic mass is 35.5. The molecule has 1 fully saturated rings. The molecule has 1 aliphatic rings. The molecule has 150 valence electrons. The Kier molecular flexibility index (Phi) is 6.98. The lowest BCUT2D eigenvalue weighted by molar-refractivity contribution is -0.133. The van der Waals surface area contributed by atoms with Gasteiger partial charge >= 0.3 is 6.09 Å². The summed E-state index contributed by atoms with van der Waals surface area (Å²) in [6.07, 6.45) is 4.12. The van der Waals surface area contributed by atoms with E-state index < -0.39 is 0 Å². The second kappa shape index (κ2) is 9.64. The van der Waals surface area contributed by atoms with E-state index in [1.54, 1.807) is 11.8 Å². The van der Waals surface area contributed by atoms with Crippen LogP contribution in [0.2, 0.25) is 5.02 Å². The van der Waals surface area contributed by atoms with Crippen LogP contribution in [-0.4, -0.2) is 59.2 Å². The normalized spacial score (nSPS) is 15.4. The van der Waals surface area contributed by atoms with Crippen molar-refractivity contribution in [2.45, 2.75) is 25.8 Å². The first-order valence-corrected chi connectivity index (χ1v) is 10.00. The number of hydrogen-bond acceptors (Lipinski definition) is 3. The lowest BCUT2D eigenvalue weighted by Gasteiger charge is -2.34. The van der Waals surface area contributed by atoms with Gasteiger partial charge < -0.3 is 19.1 Å². The van der Waals surface area contributed by atoms with E-state index in [1.165, 1.54) is 0 Å². The van der Waals surface area contributed by atoms with Gasteiger partial charge in [0.15, 0.2) is 0 Å². The molecule has 0 bridgehead atoms. The van der Waals surface area contributed by atoms with Crippen molar-refractivity contribution >= 4 is 23.6 Å². The van der Waals surface area contributed by atoms with E-state index in [-0.39, 0.29) is 17.9 Å². The fourth-order valence-corrected chi connectivity index (χ4v) is 3.59. The maximum absolute atomic E-state index is 12.9. The Morgan fingerprint density at radius 2 is 1.64 bits per heavy atom. The number of benzene rings is 1. The van der Waals surface area contributed by atoms with Gasteiger partial charge in [-0.2, -0.15) is 0 Å². The monoisotopic (exact) mass is 403 g/mol. The number of aromatic nitrogens is 1. The van der Waals surface area contributed by atoms with Crippen LogP contribution in [0.4, 0.5) is 4.79 Å². The molecule has 2 aromatic rings. The Morgan fingerprint density at radius 1 is 1.04 bits per heavy atom. The minimum atomic E-state index is -0.304. The summed E-state index contributed by atoms with van der Waals surface area (Å²) in [6.45, 7) is 4.97. The molecule has 0 radical (unpaired) electrons. The number of carbonyl (C=O) groups excluding carboxylic acids is 2. The first kappa shape index (κ1) is 20.3. The van der Waals surface area contributed by atoms with Gasteiger partial charge in [0, 0.05) is 62.5 Å². The Morgan fingerprint density at radius 3 is 2.25 bits per heavy atom. The van der Waals surface area contributed by atoms with Crippen molar-refractivity contribution < 1.29 is 14.3 Å². The van der Waals surface area contributed by atoms with Gasteiger partial charge in [-0.3, -0.25) is 4.79 Å². The predicted octanol–water partition coefficient (Wildman–Crippen LogP) is 3.62. The molecule has 0 N–H and O–H groups in total. The van der Waals surface area contributed by atoms with Gasteiger partial charge in [0.25, 0.3) is 0 Å². The van der Waals surface area contributed by atoms with Crippen LogP contribution < -0.4 is 0 Å². The Labute approximate surface area is 170 Å². The molecule has 0 saturated carbocycles. The quantitative estimate of drug-likeness (QED) is 0.740. The largest absolute Gasteiger partial charge is 0.450 e. The highest BCUT2D eigenvalue weighted by Crippen LogP contribution is 2.25. The second-order valence-electron chi connectivity index (χ2n) is 6.90. The SMILES string of the molecule is CCOC(=O)N1CCN(C(=O)CC(Cn2cccc2)c2ccc(Cl)cc2)CC1. The highest BCUT2D eigenvalue weighted by Gasteiger charge is 2.27. The van der Waals surface area contributed by atoms with E-state index in [0.717, 1.165) is 12.1 Å². The number of nitrogens with zero attached hydrogens (tertiary/aromatic N) is 3. The van der Waals surface area contributed by atoms with Crippen LogP contribution in [-0.2, 0) is 16.1 Å². The number of ether oxygens (including phenoxy) is 1. The summed E-state index contributed by atoms with van der Waals surface area (Å²) >= 11 is 6.03. The number of halogens is 1. The predicted molar refractivity (Wildman–Crippen MR) is 108 cm³/mol. The van der Waals surface area contributed by atoms with E-state index in [2.05, 4.69) is 4.57 Å². The molecule has 28 heavy (non-hydrogen) atoms. The van der Waals surface area contributed by atoms with Crippen LogP contribution in [0.15, 0.2) is 48.8 Å². The van der Waals surface area contributed by atoms with E-state index in [9.17, 15) is 9.59 Å². The molecule has 0 spiro atoms. The molecule has 2 heterocycles. The van der Waals surface area contributed by atoms with Crippen molar-refractivity contribution in [2.24, 2.45) is 0 Å². The molecule has 1 unspecified atom stereocenters. The number of piperazine rings is 1. The van der Waals surface area contributed by atoms with E-state index in [0.29, 0.717) is 44.2 Å². The van der Waals surface area contributed by atoms with Gasteiger partial charge in [0.2, 0.25) is 5.91 Å². The van der Waals surface area contributed by atoms with Crippen LogP contribution in [0.25, 0.3) is 0 Å². The zero-order chi connectivity index (χ0) is 19.9. The molecule has 6 nitrogen and oxygen atoms in total. The Bertz CT molecular complexity index is 769. The molecule has 2 amide bonds. The van der Waals surface area contributed by atoms with Crippen LogP contribution in [0.3, 0.4) is 0 Å². The van der Waals surface area contributed by atoms with Crippen molar-refractivity contribution in [3.63, 3.8) is 0 Å². The van der Waals surface area contributed by atoms with Crippen molar-refractivity contribution in [3.05, 3.63) is 59.4 Å². The third-order valence-electron chi connectivity index (χ3n) is 5.02. The van der Waals surface area contributed by atoms with Crippen molar-refractivity contribution in [3.8, 4) is 0 Å². The van der Waals surface area contributed by atoms with Crippen molar-refractivity contribution in [2.75, 3.05) is 32.8 Å². The topological polar surface area (TPSA) is 54.8 Å². The van der Waals surface area contributed by atoms with Crippen LogP contribution in [0, 0.1) is 0 Å². The Hall–Kier alpha value is -2.47. The molecule has 1 saturated heterocycles. The first-order valence-electron chi connectivity index (χ1n) is 9.62. The van der Waals surface area contributed by atoms with E-state index in [1.807, 2.05) is 53.7 Å². The van der Waals surface area contributed by atoms with Crippen molar-refractivity contribution in [1.82, 2.24) is 14.4 Å². The van der Waals surface area contributed by atoms with Gasteiger partial charge in [-0.1, -0.05) is 23.7 Å². The first-order chi connectivity index (χ1) is 13.6. The van der Waals surface area contributed by atoms with E-state index in [4.69, 9.17) is 16.3 Å². The zero-order valence-corrected chi connectivity index (χ0v) is 16.8. The summed E-state index contributed by atoms with van der Waals surface area (Å²) in [5, 5.41) is 0.685. The summed E-state index contributed by atoms with van der Waals surface area (Å²) < 4.78 is 7.13. The smallest absolute Gasteiger partial charge is 0.409 e. The molecule has 0 aliphatic carbocycles. The molecule has 7 heteroatoms. The van der Waals surface area contributed by atoms with Crippen LogP contribution >= 0.6 is 11.6 Å². The summed E-state index contributed by atoms with van der Waals surface area (Å²) in [5.74, 6) is 0.163. The van der Waals surface area contributed by atoms with E-state index >= 15 is 0 Å². The molecular weight excluding hydrogens is 378 g/mol. The maximum atomic E-state index is 12.9. The highest BCUT2D eigenvalue weighted by molar-refractivity contribution is 6.30. The molecular formula is C21H26ClN3O3. The molecule has 1 aliphatic heterocycles. The lowest BCUT2D eigenvalue weighted by Crippen LogP contribution is -2.51. The average molecular weight is 404 g/mol. The lowest BCUT2D eigenvalue weighted by atomic mass is 9.94. The number of hydrogen-bond donors (Lipinski definition) is 0. The summed E-state index contributed by atoms with van der Waals surface area (Å²) in [6, 6.07) is 11.7. The van der Waals surface area contributed by atoms with Gasteiger partial charge in [0.05, 0.1) is 6.61 Å². The molecule has 1 aromatic carbocycles. The van der Waals surface area contributed by atoms with Crippen LogP contribution in [0.1, 0.15) is 24.8 Å². The molecule has 1 atom stereocenters. The molecule has 1 aromatic heterocycles. The number of rotatable bonds is 6. The minimum Gasteiger partial charge on any atom is -0.450 e. The zero-order valence-electron chi connectivity index (χ0n) is 16.1. The fourth-order valence-electron chi connectivity index (χ4n) is 3.46. The van der Waals surface area contributed by atoms with Gasteiger partial charge in [-0.25, -0.2) is 4.79 Å². The summed E-state index contributed by atoms with van der Waals surface area (Å²) in [4.78, 5) is 28.3. The minimum absolute atomic E-state index is 0.0558. The molecule has 3 rings (SSSR count). The van der Waals surface area contributed by atoms with Crippen LogP contribution in [0.5, 0.6) is 0 Å². The summed E-state index contributed by atoms with van der Waals surface area (Å²) in [7, 11) is 0. The third kappa shape index (κ3) is 5.29. The fraction of sp³-hybridized carbons (Fsp3) is 0.429. The number of carbonyl (C=O) groups is 2. The summed E-state index contributed by atoms with van der Waals surface area (Å²) in [5.41, 5.74) is 1.09. The van der Waals surface area contributed by atoms with Gasteiger partial charge in [-0.05, 0) is 36.8 Å². The third-order valence-corrected chi connectivity index (χ3v) is 5.27. The van der Waals surface area contributed by atoms with Crippen molar-refractivity contribution in [1.29, 1.82) is 0 Å². The Balaban J connectivity index is 1.63. The average Bonchev–Trinajstić information content (AvgIpc) is 3.21. The van der Waals surface area contributed by atoms with Gasteiger partial charge in [-0.15, -0.1) is 0 Å². The maximum Gasteiger partial charge on any atom is 0.409 e.